The van der Waals surface area contributed by atoms with Gasteiger partial charge in [-0.05, 0) is 37.0 Å². The highest BCUT2D eigenvalue weighted by Gasteiger charge is 2.38. The van der Waals surface area contributed by atoms with Gasteiger partial charge in [-0.2, -0.15) is 9.40 Å². The molecular weight excluding hydrogens is 509 g/mol. The standard InChI is InChI=1S/C25H28FN9O2S/c1-14(2)23-19-8-15(9-28-24(19)33-34(23)3)22-20(26)11-29-25(32-22)31-21-7-6-18(10-27-21)38(36,37)35-12-16-4-5-17(13-35)30-16/h6-11,14,16-17,30H,4-5,12-13H2,1-3H3,(H,27,29,31,32). The minimum Gasteiger partial charge on any atom is -0.309 e. The second-order valence-corrected chi connectivity index (χ2v) is 12.1. The Labute approximate surface area is 219 Å². The van der Waals surface area contributed by atoms with Crippen molar-refractivity contribution < 1.29 is 12.8 Å². The molecule has 38 heavy (non-hydrogen) atoms. The molecule has 0 amide bonds. The summed E-state index contributed by atoms with van der Waals surface area (Å²) in [6, 6.07) is 5.29. The zero-order chi connectivity index (χ0) is 26.6. The number of sulfonamides is 1. The number of hydrogen-bond donors (Lipinski definition) is 2. The third kappa shape index (κ3) is 4.40. The number of hydrogen-bond acceptors (Lipinski definition) is 9. The lowest BCUT2D eigenvalue weighted by Gasteiger charge is -2.31. The van der Waals surface area contributed by atoms with Crippen molar-refractivity contribution in [3.63, 3.8) is 0 Å². The van der Waals surface area contributed by atoms with Gasteiger partial charge in [0.25, 0.3) is 0 Å². The molecule has 0 saturated carbocycles. The fraction of sp³-hybridized carbons (Fsp3) is 0.400. The number of nitrogens with zero attached hydrogens (tertiary/aromatic N) is 7. The van der Waals surface area contributed by atoms with Crippen LogP contribution in [0.5, 0.6) is 0 Å². The van der Waals surface area contributed by atoms with E-state index in [1.807, 2.05) is 13.1 Å². The van der Waals surface area contributed by atoms with Gasteiger partial charge in [-0.25, -0.2) is 32.7 Å². The highest BCUT2D eigenvalue weighted by atomic mass is 32.2. The Hall–Kier alpha value is -3.55. The number of halogens is 1. The van der Waals surface area contributed by atoms with E-state index in [-0.39, 0.29) is 34.5 Å². The normalized spacial score (nSPS) is 19.9. The first kappa shape index (κ1) is 24.8. The van der Waals surface area contributed by atoms with Crippen molar-refractivity contribution in [2.45, 2.75) is 49.6 Å². The molecule has 2 unspecified atom stereocenters. The molecule has 2 fully saturated rings. The van der Waals surface area contributed by atoms with E-state index >= 15 is 0 Å². The number of piperazine rings is 1. The lowest BCUT2D eigenvalue weighted by Crippen LogP contribution is -2.52. The van der Waals surface area contributed by atoms with Crippen LogP contribution in [0, 0.1) is 5.82 Å². The Morgan fingerprint density at radius 1 is 1.08 bits per heavy atom. The lowest BCUT2D eigenvalue weighted by molar-refractivity contribution is 0.296. The van der Waals surface area contributed by atoms with Crippen LogP contribution in [0.15, 0.2) is 41.7 Å². The molecule has 11 nitrogen and oxygen atoms in total. The molecule has 4 aromatic heterocycles. The van der Waals surface area contributed by atoms with Gasteiger partial charge in [0.05, 0.1) is 11.9 Å². The van der Waals surface area contributed by atoms with Crippen molar-refractivity contribution in [3.05, 3.63) is 48.3 Å². The van der Waals surface area contributed by atoms with Gasteiger partial charge < -0.3 is 10.6 Å². The molecule has 198 valence electrons. The molecule has 6 heterocycles. The summed E-state index contributed by atoms with van der Waals surface area (Å²) in [5, 5.41) is 11.7. The Balaban J connectivity index is 1.24. The average Bonchev–Trinajstić information content (AvgIpc) is 3.41. The molecule has 0 spiro atoms. The first-order valence-electron chi connectivity index (χ1n) is 12.5. The fourth-order valence-corrected chi connectivity index (χ4v) is 6.84. The van der Waals surface area contributed by atoms with Gasteiger partial charge in [-0.1, -0.05) is 13.8 Å². The van der Waals surface area contributed by atoms with Crippen LogP contribution in [0.2, 0.25) is 0 Å². The summed E-state index contributed by atoms with van der Waals surface area (Å²) < 4.78 is 44.4. The molecular formula is C25H28FN9O2S. The highest BCUT2D eigenvalue weighted by molar-refractivity contribution is 7.89. The molecule has 0 radical (unpaired) electrons. The van der Waals surface area contributed by atoms with Crippen molar-refractivity contribution in [1.29, 1.82) is 0 Å². The third-order valence-electron chi connectivity index (χ3n) is 7.10. The van der Waals surface area contributed by atoms with E-state index in [1.54, 1.807) is 10.7 Å². The second kappa shape index (κ2) is 9.33. The SMILES string of the molecule is CC(C)c1c2cc(-c3nc(Nc4ccc(S(=O)(=O)N5CC6CCC(C5)N6)cn4)ncc3F)cnc2nn1C. The minimum absolute atomic E-state index is 0.0861. The molecule has 2 saturated heterocycles. The molecule has 6 rings (SSSR count). The van der Waals surface area contributed by atoms with E-state index in [1.165, 1.54) is 22.8 Å². The predicted octanol–water partition coefficient (Wildman–Crippen LogP) is 2.95. The van der Waals surface area contributed by atoms with E-state index < -0.39 is 15.8 Å². The zero-order valence-corrected chi connectivity index (χ0v) is 22.1. The number of nitrogens with one attached hydrogen (secondary N) is 2. The van der Waals surface area contributed by atoms with Gasteiger partial charge in [0, 0.05) is 55.6 Å². The van der Waals surface area contributed by atoms with E-state index in [0.717, 1.165) is 30.1 Å². The molecule has 2 aliphatic heterocycles. The van der Waals surface area contributed by atoms with Crippen molar-refractivity contribution >= 4 is 32.8 Å². The van der Waals surface area contributed by atoms with Crippen molar-refractivity contribution in [2.24, 2.45) is 7.05 Å². The topological polar surface area (TPSA) is 131 Å². The predicted molar refractivity (Wildman–Crippen MR) is 140 cm³/mol. The number of aryl methyl sites for hydroxylation is 1. The number of fused-ring (bicyclic) bond motifs is 3. The minimum atomic E-state index is -3.64. The first-order chi connectivity index (χ1) is 18.2. The van der Waals surface area contributed by atoms with Crippen molar-refractivity contribution in [2.75, 3.05) is 18.4 Å². The number of aromatic nitrogens is 6. The Morgan fingerprint density at radius 2 is 1.84 bits per heavy atom. The molecule has 13 heteroatoms. The van der Waals surface area contributed by atoms with Crippen LogP contribution >= 0.6 is 0 Å². The van der Waals surface area contributed by atoms with Gasteiger partial charge in [0.2, 0.25) is 16.0 Å². The van der Waals surface area contributed by atoms with Crippen molar-refractivity contribution in [3.8, 4) is 11.3 Å². The Kier molecular flexibility index (Phi) is 6.08. The molecule has 2 bridgehead atoms. The van der Waals surface area contributed by atoms with Crippen LogP contribution in [0.1, 0.15) is 38.3 Å². The Morgan fingerprint density at radius 3 is 2.53 bits per heavy atom. The number of rotatable bonds is 6. The van der Waals surface area contributed by atoms with Gasteiger partial charge >= 0.3 is 0 Å². The molecule has 2 N–H and O–H groups in total. The number of anilines is 2. The quantitative estimate of drug-likeness (QED) is 0.381. The summed E-state index contributed by atoms with van der Waals surface area (Å²) >= 11 is 0. The molecule has 0 aromatic carbocycles. The van der Waals surface area contributed by atoms with Crippen LogP contribution in [-0.2, 0) is 17.1 Å². The fourth-order valence-electron chi connectivity index (χ4n) is 5.36. The summed E-state index contributed by atoms with van der Waals surface area (Å²) in [6.07, 6.45) is 5.92. The van der Waals surface area contributed by atoms with Crippen LogP contribution in [0.4, 0.5) is 16.2 Å². The van der Waals surface area contributed by atoms with Gasteiger partial charge in [-0.3, -0.25) is 4.68 Å². The highest BCUT2D eigenvalue weighted by Crippen LogP contribution is 2.30. The summed E-state index contributed by atoms with van der Waals surface area (Å²) in [5.74, 6) is 0.0727. The molecule has 4 aromatic rings. The van der Waals surface area contributed by atoms with Crippen LogP contribution in [0.25, 0.3) is 22.3 Å². The maximum absolute atomic E-state index is 14.8. The summed E-state index contributed by atoms with van der Waals surface area (Å²) in [6.45, 7) is 5.05. The van der Waals surface area contributed by atoms with Crippen LogP contribution < -0.4 is 10.6 Å². The molecule has 2 atom stereocenters. The van der Waals surface area contributed by atoms with Crippen molar-refractivity contribution in [1.82, 2.24) is 39.3 Å². The smallest absolute Gasteiger partial charge is 0.244 e. The van der Waals surface area contributed by atoms with Crippen LogP contribution in [-0.4, -0.2) is 67.6 Å². The van der Waals surface area contributed by atoms with Gasteiger partial charge in [-0.15, -0.1) is 0 Å². The summed E-state index contributed by atoms with van der Waals surface area (Å²) in [7, 11) is -1.78. The molecule has 0 aliphatic carbocycles. The van der Waals surface area contributed by atoms with Crippen LogP contribution in [0.3, 0.4) is 0 Å². The maximum Gasteiger partial charge on any atom is 0.244 e. The van der Waals surface area contributed by atoms with Gasteiger partial charge in [0.1, 0.15) is 16.4 Å². The summed E-state index contributed by atoms with van der Waals surface area (Å²) in [5.41, 5.74) is 2.16. The van der Waals surface area contributed by atoms with Gasteiger partial charge in [0.15, 0.2) is 11.5 Å². The number of pyridine rings is 2. The Bertz CT molecular complexity index is 1610. The largest absolute Gasteiger partial charge is 0.309 e. The first-order valence-corrected chi connectivity index (χ1v) is 14.0. The van der Waals surface area contributed by atoms with E-state index in [4.69, 9.17) is 0 Å². The third-order valence-corrected chi connectivity index (χ3v) is 8.91. The lowest BCUT2D eigenvalue weighted by atomic mass is 10.1. The van der Waals surface area contributed by atoms with E-state index in [9.17, 15) is 12.8 Å². The molecule has 2 aliphatic rings. The zero-order valence-electron chi connectivity index (χ0n) is 21.3. The second-order valence-electron chi connectivity index (χ2n) is 10.1. The van der Waals surface area contributed by atoms with E-state index in [0.29, 0.717) is 30.1 Å². The average molecular weight is 538 g/mol. The maximum atomic E-state index is 14.8. The summed E-state index contributed by atoms with van der Waals surface area (Å²) in [4.78, 5) is 17.2. The monoisotopic (exact) mass is 537 g/mol. The van der Waals surface area contributed by atoms with E-state index in [2.05, 4.69) is 49.5 Å².